The van der Waals surface area contributed by atoms with E-state index in [1.54, 1.807) is 6.20 Å². The number of rotatable bonds is 5. The van der Waals surface area contributed by atoms with Gasteiger partial charge < -0.3 is 9.88 Å². The van der Waals surface area contributed by atoms with Crippen molar-refractivity contribution < 1.29 is 4.39 Å². The van der Waals surface area contributed by atoms with Crippen LogP contribution >= 0.6 is 0 Å². The Morgan fingerprint density at radius 1 is 1.17 bits per heavy atom. The van der Waals surface area contributed by atoms with Crippen LogP contribution in [0.1, 0.15) is 37.0 Å². The van der Waals surface area contributed by atoms with Crippen LogP contribution in [-0.4, -0.2) is 19.5 Å². The van der Waals surface area contributed by atoms with Gasteiger partial charge in [0.25, 0.3) is 0 Å². The van der Waals surface area contributed by atoms with Gasteiger partial charge in [0.15, 0.2) is 11.6 Å². The number of aromatic nitrogens is 4. The number of benzene rings is 1. The second kappa shape index (κ2) is 6.78. The molecule has 0 amide bonds. The summed E-state index contributed by atoms with van der Waals surface area (Å²) in [5, 5.41) is 3.12. The molecule has 0 saturated carbocycles. The Labute approximate surface area is 140 Å². The molecule has 24 heavy (non-hydrogen) atoms. The number of halogens is 1. The van der Waals surface area contributed by atoms with E-state index in [1.807, 2.05) is 55.8 Å². The van der Waals surface area contributed by atoms with E-state index in [9.17, 15) is 4.39 Å². The lowest BCUT2D eigenvalue weighted by Gasteiger charge is -2.16. The maximum Gasteiger partial charge on any atom is 0.186 e. The van der Waals surface area contributed by atoms with E-state index in [4.69, 9.17) is 0 Å². The van der Waals surface area contributed by atoms with Crippen LogP contribution in [0.3, 0.4) is 0 Å². The van der Waals surface area contributed by atoms with E-state index in [1.165, 1.54) is 6.33 Å². The van der Waals surface area contributed by atoms with Gasteiger partial charge in [-0.2, -0.15) is 0 Å². The normalized spacial score (nSPS) is 12.2. The maximum atomic E-state index is 14.2. The standard InChI is InChI=1S/C18H20FN5/c1-4-16-17(19)18(22-11-21-16)23-12(2)14-5-7-15(8-6-14)24-10-9-20-13(24)3/h5-12H,4H2,1-3H3,(H,21,22,23). The van der Waals surface area contributed by atoms with E-state index < -0.39 is 0 Å². The average molecular weight is 325 g/mol. The molecular weight excluding hydrogens is 305 g/mol. The Kier molecular flexibility index (Phi) is 4.55. The molecule has 1 unspecified atom stereocenters. The first-order valence-electron chi connectivity index (χ1n) is 7.96. The SMILES string of the molecule is CCc1ncnc(NC(C)c2ccc(-n3ccnc3C)cc2)c1F. The first-order valence-corrected chi connectivity index (χ1v) is 7.96. The highest BCUT2D eigenvalue weighted by molar-refractivity contribution is 5.42. The number of anilines is 1. The fraction of sp³-hybridized carbons (Fsp3) is 0.278. The van der Waals surface area contributed by atoms with Crippen molar-refractivity contribution in [3.8, 4) is 5.69 Å². The van der Waals surface area contributed by atoms with Gasteiger partial charge in [0, 0.05) is 18.1 Å². The molecule has 0 saturated heterocycles. The largest absolute Gasteiger partial charge is 0.361 e. The van der Waals surface area contributed by atoms with Crippen LogP contribution in [-0.2, 0) is 6.42 Å². The lowest BCUT2D eigenvalue weighted by atomic mass is 10.1. The monoisotopic (exact) mass is 325 g/mol. The highest BCUT2D eigenvalue weighted by Crippen LogP contribution is 2.22. The third kappa shape index (κ3) is 3.13. The van der Waals surface area contributed by atoms with E-state index in [-0.39, 0.29) is 17.7 Å². The van der Waals surface area contributed by atoms with Gasteiger partial charge in [0.1, 0.15) is 12.2 Å². The van der Waals surface area contributed by atoms with Crippen molar-refractivity contribution in [1.29, 1.82) is 0 Å². The summed E-state index contributed by atoms with van der Waals surface area (Å²) in [7, 11) is 0. The van der Waals surface area contributed by atoms with Crippen molar-refractivity contribution >= 4 is 5.82 Å². The van der Waals surface area contributed by atoms with E-state index in [0.717, 1.165) is 17.1 Å². The number of hydrogen-bond acceptors (Lipinski definition) is 4. The zero-order valence-electron chi connectivity index (χ0n) is 14.0. The van der Waals surface area contributed by atoms with Crippen LogP contribution in [0.25, 0.3) is 5.69 Å². The predicted octanol–water partition coefficient (Wildman–Crippen LogP) is 3.85. The Morgan fingerprint density at radius 3 is 2.54 bits per heavy atom. The summed E-state index contributed by atoms with van der Waals surface area (Å²) in [4.78, 5) is 12.2. The number of imidazole rings is 1. The molecule has 2 aromatic heterocycles. The molecule has 0 aliphatic rings. The Morgan fingerprint density at radius 2 is 1.92 bits per heavy atom. The molecule has 0 radical (unpaired) electrons. The van der Waals surface area contributed by atoms with Crippen LogP contribution in [0.4, 0.5) is 10.2 Å². The number of nitrogens with one attached hydrogen (secondary N) is 1. The molecule has 6 heteroatoms. The Hall–Kier alpha value is -2.76. The van der Waals surface area contributed by atoms with Gasteiger partial charge in [0.2, 0.25) is 0 Å². The maximum absolute atomic E-state index is 14.2. The van der Waals surface area contributed by atoms with E-state index >= 15 is 0 Å². The second-order valence-electron chi connectivity index (χ2n) is 5.64. The first-order chi connectivity index (χ1) is 11.6. The molecule has 0 bridgehead atoms. The van der Waals surface area contributed by atoms with Crippen molar-refractivity contribution in [2.24, 2.45) is 0 Å². The molecule has 0 spiro atoms. The summed E-state index contributed by atoms with van der Waals surface area (Å²) in [6, 6.07) is 8.02. The summed E-state index contributed by atoms with van der Waals surface area (Å²) in [6.45, 7) is 5.81. The summed E-state index contributed by atoms with van der Waals surface area (Å²) in [5.74, 6) is 0.797. The highest BCUT2D eigenvalue weighted by atomic mass is 19.1. The van der Waals surface area contributed by atoms with Gasteiger partial charge in [-0.15, -0.1) is 0 Å². The molecule has 0 aliphatic heterocycles. The minimum Gasteiger partial charge on any atom is -0.361 e. The molecule has 2 heterocycles. The highest BCUT2D eigenvalue weighted by Gasteiger charge is 2.13. The number of hydrogen-bond donors (Lipinski definition) is 1. The van der Waals surface area contributed by atoms with Gasteiger partial charge in [-0.1, -0.05) is 19.1 Å². The van der Waals surface area contributed by atoms with Crippen LogP contribution < -0.4 is 5.32 Å². The molecule has 1 aromatic carbocycles. The van der Waals surface area contributed by atoms with Gasteiger partial charge in [0.05, 0.1) is 11.7 Å². The van der Waals surface area contributed by atoms with Crippen molar-refractivity contribution in [2.75, 3.05) is 5.32 Å². The minimum atomic E-state index is -0.377. The third-order valence-electron chi connectivity index (χ3n) is 4.05. The first kappa shape index (κ1) is 16.1. The zero-order valence-corrected chi connectivity index (χ0v) is 14.0. The number of aryl methyl sites for hydroxylation is 2. The van der Waals surface area contributed by atoms with Crippen molar-refractivity contribution in [3.63, 3.8) is 0 Å². The van der Waals surface area contributed by atoms with Crippen LogP contribution in [0.15, 0.2) is 43.0 Å². The van der Waals surface area contributed by atoms with Crippen molar-refractivity contribution in [3.05, 3.63) is 65.9 Å². The lowest BCUT2D eigenvalue weighted by molar-refractivity contribution is 0.594. The average Bonchev–Trinajstić information content (AvgIpc) is 3.03. The van der Waals surface area contributed by atoms with Crippen LogP contribution in [0, 0.1) is 12.7 Å². The quantitative estimate of drug-likeness (QED) is 0.774. The third-order valence-corrected chi connectivity index (χ3v) is 4.05. The number of nitrogens with zero attached hydrogens (tertiary/aromatic N) is 4. The van der Waals surface area contributed by atoms with Gasteiger partial charge in [-0.25, -0.2) is 19.3 Å². The fourth-order valence-electron chi connectivity index (χ4n) is 2.62. The topological polar surface area (TPSA) is 55.6 Å². The minimum absolute atomic E-state index is 0.0722. The van der Waals surface area contributed by atoms with Gasteiger partial charge >= 0.3 is 0 Å². The van der Waals surface area contributed by atoms with Gasteiger partial charge in [-0.05, 0) is 38.0 Å². The molecule has 3 rings (SSSR count). The molecule has 1 N–H and O–H groups in total. The van der Waals surface area contributed by atoms with E-state index in [0.29, 0.717) is 12.1 Å². The molecule has 0 aliphatic carbocycles. The molecular formula is C18H20FN5. The molecule has 3 aromatic rings. The summed E-state index contributed by atoms with van der Waals surface area (Å²) in [5.41, 5.74) is 2.51. The van der Waals surface area contributed by atoms with Crippen molar-refractivity contribution in [2.45, 2.75) is 33.2 Å². The lowest BCUT2D eigenvalue weighted by Crippen LogP contribution is -2.11. The predicted molar refractivity (Wildman–Crippen MR) is 91.7 cm³/mol. The fourth-order valence-corrected chi connectivity index (χ4v) is 2.62. The summed E-state index contributed by atoms with van der Waals surface area (Å²) < 4.78 is 16.3. The summed E-state index contributed by atoms with van der Waals surface area (Å²) >= 11 is 0. The molecule has 124 valence electrons. The van der Waals surface area contributed by atoms with Crippen LogP contribution in [0.5, 0.6) is 0 Å². The Balaban J connectivity index is 1.78. The molecule has 5 nitrogen and oxygen atoms in total. The molecule has 1 atom stereocenters. The smallest absolute Gasteiger partial charge is 0.186 e. The summed E-state index contributed by atoms with van der Waals surface area (Å²) in [6.07, 6.45) is 5.63. The van der Waals surface area contributed by atoms with E-state index in [2.05, 4.69) is 20.3 Å². The Bertz CT molecular complexity index is 826. The van der Waals surface area contributed by atoms with Crippen molar-refractivity contribution in [1.82, 2.24) is 19.5 Å². The van der Waals surface area contributed by atoms with Crippen LogP contribution in [0.2, 0.25) is 0 Å². The zero-order chi connectivity index (χ0) is 17.1. The second-order valence-corrected chi connectivity index (χ2v) is 5.64. The van der Waals surface area contributed by atoms with Gasteiger partial charge in [-0.3, -0.25) is 0 Å². The molecule has 0 fully saturated rings.